The van der Waals surface area contributed by atoms with E-state index in [1.807, 2.05) is 0 Å². The van der Waals surface area contributed by atoms with E-state index in [4.69, 9.17) is 16.3 Å². The predicted octanol–water partition coefficient (Wildman–Crippen LogP) is 1.62. The predicted molar refractivity (Wildman–Crippen MR) is 103 cm³/mol. The van der Waals surface area contributed by atoms with Crippen molar-refractivity contribution >= 4 is 34.5 Å². The van der Waals surface area contributed by atoms with Crippen LogP contribution in [0.25, 0.3) is 5.65 Å². The van der Waals surface area contributed by atoms with Crippen molar-refractivity contribution in [2.75, 3.05) is 36.5 Å². The lowest BCUT2D eigenvalue weighted by Gasteiger charge is -2.31. The Hall–Kier alpha value is -2.84. The number of nitrogens with one attached hydrogen (secondary N) is 1. The molecule has 3 aromatic rings. The number of halogens is 1. The summed E-state index contributed by atoms with van der Waals surface area (Å²) in [6, 6.07) is 10.6. The Morgan fingerprint density at radius 1 is 1.19 bits per heavy atom. The normalized spacial score (nSPS) is 14.5. The van der Waals surface area contributed by atoms with Crippen molar-refractivity contribution in [3.05, 3.63) is 58.1 Å². The maximum absolute atomic E-state index is 12.6. The average Bonchev–Trinajstić information content (AvgIpc) is 2.98. The van der Waals surface area contributed by atoms with Crippen LogP contribution in [0.5, 0.6) is 0 Å². The Morgan fingerprint density at radius 3 is 2.78 bits per heavy atom. The number of fused-ring (bicyclic) bond motifs is 1. The van der Waals surface area contributed by atoms with Crippen LogP contribution in [0.3, 0.4) is 0 Å². The molecule has 1 fully saturated rings. The molecule has 0 aliphatic carbocycles. The van der Waals surface area contributed by atoms with E-state index in [0.717, 1.165) is 10.4 Å². The lowest BCUT2D eigenvalue weighted by molar-refractivity contribution is -0.117. The molecule has 9 heteroatoms. The second-order valence-corrected chi connectivity index (χ2v) is 6.56. The summed E-state index contributed by atoms with van der Waals surface area (Å²) in [6.45, 7) is 2.41. The summed E-state index contributed by atoms with van der Waals surface area (Å²) in [5.74, 6) is -0.350. The van der Waals surface area contributed by atoms with Crippen molar-refractivity contribution in [3.8, 4) is 0 Å². The molecule has 8 nitrogen and oxygen atoms in total. The highest BCUT2D eigenvalue weighted by atomic mass is 35.5. The van der Waals surface area contributed by atoms with Gasteiger partial charge >= 0.3 is 5.69 Å². The zero-order valence-corrected chi connectivity index (χ0v) is 15.2. The van der Waals surface area contributed by atoms with E-state index < -0.39 is 0 Å². The minimum Gasteiger partial charge on any atom is -0.378 e. The standard InChI is InChI=1S/C18H18ClN5O3/c19-13-4-3-5-14(17(13)22-8-10-27-11-9-22)20-16(25)12-24-18(26)23-7-2-1-6-15(23)21-24/h1-7H,8-12H2,(H,20,25). The number of benzene rings is 1. The first-order valence-electron chi connectivity index (χ1n) is 8.59. The van der Waals surface area contributed by atoms with Crippen molar-refractivity contribution < 1.29 is 9.53 Å². The Kier molecular flexibility index (Phi) is 4.83. The van der Waals surface area contributed by atoms with Crippen LogP contribution in [0.15, 0.2) is 47.4 Å². The highest BCUT2D eigenvalue weighted by Crippen LogP contribution is 2.34. The Labute approximate surface area is 159 Å². The van der Waals surface area contributed by atoms with Gasteiger partial charge in [0.1, 0.15) is 6.54 Å². The third-order valence-electron chi connectivity index (χ3n) is 4.37. The van der Waals surface area contributed by atoms with Gasteiger partial charge < -0.3 is 15.0 Å². The number of nitrogens with zero attached hydrogens (tertiary/aromatic N) is 4. The van der Waals surface area contributed by atoms with Gasteiger partial charge in [0.05, 0.1) is 29.6 Å². The third-order valence-corrected chi connectivity index (χ3v) is 4.67. The molecule has 0 unspecified atom stereocenters. The molecule has 1 aliphatic heterocycles. The molecule has 1 aromatic carbocycles. The van der Waals surface area contributed by atoms with Crippen LogP contribution in [-0.4, -0.2) is 46.4 Å². The number of aromatic nitrogens is 3. The maximum Gasteiger partial charge on any atom is 0.350 e. The van der Waals surface area contributed by atoms with Crippen molar-refractivity contribution in [1.29, 1.82) is 0 Å². The zero-order valence-electron chi connectivity index (χ0n) is 14.5. The summed E-state index contributed by atoms with van der Waals surface area (Å²) in [4.78, 5) is 27.0. The highest BCUT2D eigenvalue weighted by Gasteiger charge is 2.19. The van der Waals surface area contributed by atoms with Gasteiger partial charge in [-0.25, -0.2) is 9.48 Å². The van der Waals surface area contributed by atoms with Crippen molar-refractivity contribution in [2.24, 2.45) is 0 Å². The van der Waals surface area contributed by atoms with Gasteiger partial charge in [-0.3, -0.25) is 9.20 Å². The SMILES string of the molecule is O=C(Cn1nc2ccccn2c1=O)Nc1cccc(Cl)c1N1CCOCC1. The molecular weight excluding hydrogens is 370 g/mol. The van der Waals surface area contributed by atoms with E-state index >= 15 is 0 Å². The second-order valence-electron chi connectivity index (χ2n) is 6.15. The first-order chi connectivity index (χ1) is 13.1. The number of pyridine rings is 1. The van der Waals surface area contributed by atoms with Gasteiger partial charge in [-0.1, -0.05) is 23.7 Å². The Balaban J connectivity index is 1.57. The summed E-state index contributed by atoms with van der Waals surface area (Å²) in [6.07, 6.45) is 1.62. The van der Waals surface area contributed by atoms with Crippen LogP contribution in [-0.2, 0) is 16.1 Å². The molecule has 0 saturated carbocycles. The van der Waals surface area contributed by atoms with E-state index in [2.05, 4.69) is 15.3 Å². The number of ether oxygens (including phenoxy) is 1. The number of para-hydroxylation sites is 1. The molecule has 27 heavy (non-hydrogen) atoms. The number of anilines is 2. The molecule has 1 amide bonds. The lowest BCUT2D eigenvalue weighted by Crippen LogP contribution is -2.37. The molecule has 0 spiro atoms. The number of carbonyl (C=O) groups excluding carboxylic acids is 1. The van der Waals surface area contributed by atoms with Crippen LogP contribution in [0.2, 0.25) is 5.02 Å². The van der Waals surface area contributed by atoms with E-state index in [9.17, 15) is 9.59 Å². The summed E-state index contributed by atoms with van der Waals surface area (Å²) in [7, 11) is 0. The number of amides is 1. The zero-order chi connectivity index (χ0) is 18.8. The molecule has 0 bridgehead atoms. The largest absolute Gasteiger partial charge is 0.378 e. The quantitative estimate of drug-likeness (QED) is 0.735. The van der Waals surface area contributed by atoms with E-state index in [0.29, 0.717) is 42.7 Å². The number of rotatable bonds is 4. The minimum absolute atomic E-state index is 0.185. The number of morpholine rings is 1. The van der Waals surface area contributed by atoms with Gasteiger partial charge in [-0.05, 0) is 24.3 Å². The average molecular weight is 388 g/mol. The molecule has 1 N–H and O–H groups in total. The van der Waals surface area contributed by atoms with Gasteiger partial charge in [0.2, 0.25) is 5.91 Å². The molecule has 1 aliphatic rings. The molecule has 4 rings (SSSR count). The minimum atomic E-state index is -0.361. The van der Waals surface area contributed by atoms with E-state index in [1.54, 1.807) is 42.6 Å². The summed E-state index contributed by atoms with van der Waals surface area (Å²) in [5, 5.41) is 7.59. The number of hydrogen-bond acceptors (Lipinski definition) is 5. The number of hydrogen-bond donors (Lipinski definition) is 1. The fourth-order valence-electron chi connectivity index (χ4n) is 3.12. The Morgan fingerprint density at radius 2 is 2.00 bits per heavy atom. The second kappa shape index (κ2) is 7.42. The maximum atomic E-state index is 12.6. The highest BCUT2D eigenvalue weighted by molar-refractivity contribution is 6.34. The summed E-state index contributed by atoms with van der Waals surface area (Å²) >= 11 is 6.38. The number of carbonyl (C=O) groups is 1. The van der Waals surface area contributed by atoms with E-state index in [-0.39, 0.29) is 18.1 Å². The molecular formula is C18H18ClN5O3. The van der Waals surface area contributed by atoms with Crippen molar-refractivity contribution in [1.82, 2.24) is 14.2 Å². The lowest BCUT2D eigenvalue weighted by atomic mass is 10.2. The van der Waals surface area contributed by atoms with Gasteiger partial charge in [0.15, 0.2) is 5.65 Å². The first kappa shape index (κ1) is 17.6. The van der Waals surface area contributed by atoms with Gasteiger partial charge in [0, 0.05) is 19.3 Å². The van der Waals surface area contributed by atoms with Gasteiger partial charge in [-0.15, -0.1) is 5.10 Å². The van der Waals surface area contributed by atoms with Crippen LogP contribution in [0, 0.1) is 0 Å². The molecule has 1 saturated heterocycles. The molecule has 3 heterocycles. The molecule has 0 radical (unpaired) electrons. The van der Waals surface area contributed by atoms with Crippen molar-refractivity contribution in [2.45, 2.75) is 6.54 Å². The van der Waals surface area contributed by atoms with Crippen LogP contribution in [0.1, 0.15) is 0 Å². The molecule has 2 aromatic heterocycles. The smallest absolute Gasteiger partial charge is 0.350 e. The van der Waals surface area contributed by atoms with E-state index in [1.165, 1.54) is 4.40 Å². The van der Waals surface area contributed by atoms with Gasteiger partial charge in [-0.2, -0.15) is 0 Å². The molecule has 140 valence electrons. The molecule has 0 atom stereocenters. The van der Waals surface area contributed by atoms with Crippen LogP contribution < -0.4 is 15.9 Å². The van der Waals surface area contributed by atoms with Crippen LogP contribution >= 0.6 is 11.6 Å². The van der Waals surface area contributed by atoms with Crippen molar-refractivity contribution in [3.63, 3.8) is 0 Å². The fourth-order valence-corrected chi connectivity index (χ4v) is 3.42. The summed E-state index contributed by atoms with van der Waals surface area (Å²) in [5.41, 5.74) is 1.50. The first-order valence-corrected chi connectivity index (χ1v) is 8.96. The van der Waals surface area contributed by atoms with Gasteiger partial charge in [0.25, 0.3) is 0 Å². The fraction of sp³-hybridized carbons (Fsp3) is 0.278. The summed E-state index contributed by atoms with van der Waals surface area (Å²) < 4.78 is 7.92. The third kappa shape index (κ3) is 3.54. The van der Waals surface area contributed by atoms with Crippen LogP contribution in [0.4, 0.5) is 11.4 Å². The topological polar surface area (TPSA) is 80.9 Å². The Bertz CT molecular complexity index is 1040. The monoisotopic (exact) mass is 387 g/mol.